The van der Waals surface area contributed by atoms with E-state index >= 15 is 0 Å². The predicted octanol–water partition coefficient (Wildman–Crippen LogP) is 5.12. The van der Waals surface area contributed by atoms with Gasteiger partial charge in [-0.2, -0.15) is 0 Å². The average molecular weight is 255 g/mol. The molecule has 1 fully saturated rings. The summed E-state index contributed by atoms with van der Waals surface area (Å²) in [4.78, 5) is 4.06. The van der Waals surface area contributed by atoms with Crippen LogP contribution in [-0.4, -0.2) is 4.98 Å². The first-order valence-electron chi connectivity index (χ1n) is 7.16. The zero-order valence-corrected chi connectivity index (χ0v) is 12.6. The molecule has 0 spiro atoms. The molecule has 0 amide bonds. The van der Waals surface area contributed by atoms with Gasteiger partial charge >= 0.3 is 0 Å². The molecule has 0 radical (unpaired) electrons. The number of aromatic nitrogens is 1. The minimum Gasteiger partial charge on any atom is -0.265 e. The first-order valence-corrected chi connectivity index (χ1v) is 7.16. The SMILES string of the molecule is C=C1C(=C/C)/C(=C\C)CC1Cc1ccncc1.CC. The van der Waals surface area contributed by atoms with Crippen molar-refractivity contribution < 1.29 is 0 Å². The van der Waals surface area contributed by atoms with E-state index in [0.717, 1.165) is 12.8 Å². The van der Waals surface area contributed by atoms with Gasteiger partial charge in [0.2, 0.25) is 0 Å². The van der Waals surface area contributed by atoms with Crippen molar-refractivity contribution in [2.24, 2.45) is 5.92 Å². The molecule has 1 heterocycles. The van der Waals surface area contributed by atoms with Crippen molar-refractivity contribution in [2.75, 3.05) is 0 Å². The molecule has 1 aromatic heterocycles. The Labute approximate surface area is 117 Å². The van der Waals surface area contributed by atoms with Crippen LogP contribution in [-0.2, 0) is 6.42 Å². The van der Waals surface area contributed by atoms with Crippen molar-refractivity contribution in [1.82, 2.24) is 4.98 Å². The summed E-state index contributed by atoms with van der Waals surface area (Å²) in [6.07, 6.45) is 10.3. The molecule has 0 aliphatic heterocycles. The lowest BCUT2D eigenvalue weighted by Crippen LogP contribution is -2.01. The summed E-state index contributed by atoms with van der Waals surface area (Å²) < 4.78 is 0. The molecule has 0 bridgehead atoms. The van der Waals surface area contributed by atoms with Gasteiger partial charge in [0.25, 0.3) is 0 Å². The molecule has 1 heteroatoms. The molecule has 1 unspecified atom stereocenters. The van der Waals surface area contributed by atoms with Gasteiger partial charge < -0.3 is 0 Å². The largest absolute Gasteiger partial charge is 0.265 e. The Morgan fingerprint density at radius 3 is 2.32 bits per heavy atom. The Morgan fingerprint density at radius 1 is 1.21 bits per heavy atom. The standard InChI is InChI=1S/C16H19N.C2H6/c1-4-14-11-15(12(3)16(14)5-2)10-13-6-8-17-9-7-13;1-2/h4-9,15H,3,10-11H2,1-2H3;1-2H3/b14-4-,16-5-;. The van der Waals surface area contributed by atoms with Crippen molar-refractivity contribution in [3.05, 3.63) is 65.5 Å². The topological polar surface area (TPSA) is 12.9 Å². The molecule has 1 nitrogen and oxygen atoms in total. The van der Waals surface area contributed by atoms with Gasteiger partial charge in [-0.25, -0.2) is 0 Å². The van der Waals surface area contributed by atoms with Gasteiger partial charge in [-0.3, -0.25) is 4.98 Å². The quantitative estimate of drug-likeness (QED) is 0.715. The van der Waals surface area contributed by atoms with Crippen LogP contribution < -0.4 is 0 Å². The second kappa shape index (κ2) is 7.73. The lowest BCUT2D eigenvalue weighted by molar-refractivity contribution is 0.656. The molecule has 0 aromatic carbocycles. The molecule has 0 N–H and O–H groups in total. The van der Waals surface area contributed by atoms with E-state index in [0.29, 0.717) is 5.92 Å². The van der Waals surface area contributed by atoms with Crippen molar-refractivity contribution in [2.45, 2.75) is 40.5 Å². The van der Waals surface area contributed by atoms with Gasteiger partial charge in [-0.1, -0.05) is 32.6 Å². The minimum atomic E-state index is 0.551. The highest BCUT2D eigenvalue weighted by Crippen LogP contribution is 2.40. The number of nitrogens with zero attached hydrogens (tertiary/aromatic N) is 1. The Kier molecular flexibility index (Phi) is 6.27. The van der Waals surface area contributed by atoms with E-state index in [2.05, 4.69) is 49.7 Å². The summed E-state index contributed by atoms with van der Waals surface area (Å²) in [6.45, 7) is 12.5. The summed E-state index contributed by atoms with van der Waals surface area (Å²) in [5.74, 6) is 0.551. The molecule has 102 valence electrons. The Hall–Kier alpha value is -1.63. The summed E-state index contributed by atoms with van der Waals surface area (Å²) in [5.41, 5.74) is 5.43. The molecule has 1 aliphatic carbocycles. The van der Waals surface area contributed by atoms with Gasteiger partial charge in [0.05, 0.1) is 0 Å². The molecule has 1 saturated carbocycles. The van der Waals surface area contributed by atoms with Gasteiger partial charge in [0.15, 0.2) is 0 Å². The normalized spacial score (nSPS) is 22.5. The molecular formula is C18H25N. The summed E-state index contributed by atoms with van der Waals surface area (Å²) >= 11 is 0. The van der Waals surface area contributed by atoms with Crippen molar-refractivity contribution >= 4 is 0 Å². The Morgan fingerprint density at radius 2 is 1.84 bits per heavy atom. The van der Waals surface area contributed by atoms with E-state index in [4.69, 9.17) is 0 Å². The van der Waals surface area contributed by atoms with E-state index < -0.39 is 0 Å². The maximum atomic E-state index is 4.26. The number of rotatable bonds is 2. The van der Waals surface area contributed by atoms with E-state index in [-0.39, 0.29) is 0 Å². The van der Waals surface area contributed by atoms with Gasteiger partial charge in [0.1, 0.15) is 0 Å². The van der Waals surface area contributed by atoms with Gasteiger partial charge in [-0.15, -0.1) is 0 Å². The fraction of sp³-hybridized carbons (Fsp3) is 0.389. The number of hydrogen-bond donors (Lipinski definition) is 0. The number of hydrogen-bond acceptors (Lipinski definition) is 1. The van der Waals surface area contributed by atoms with Crippen LogP contribution in [0.25, 0.3) is 0 Å². The van der Waals surface area contributed by atoms with Crippen LogP contribution in [0, 0.1) is 5.92 Å². The maximum Gasteiger partial charge on any atom is 0.0270 e. The lowest BCUT2D eigenvalue weighted by Gasteiger charge is -2.10. The van der Waals surface area contributed by atoms with Gasteiger partial charge in [0, 0.05) is 12.4 Å². The number of pyridine rings is 1. The molecule has 2 rings (SSSR count). The van der Waals surface area contributed by atoms with Crippen LogP contribution in [0.2, 0.25) is 0 Å². The van der Waals surface area contributed by atoms with Crippen molar-refractivity contribution in [3.63, 3.8) is 0 Å². The molecular weight excluding hydrogens is 230 g/mol. The maximum absolute atomic E-state index is 4.26. The predicted molar refractivity (Wildman–Crippen MR) is 84.1 cm³/mol. The highest BCUT2D eigenvalue weighted by molar-refractivity contribution is 5.52. The van der Waals surface area contributed by atoms with E-state index in [1.807, 2.05) is 26.2 Å². The van der Waals surface area contributed by atoms with Crippen LogP contribution in [0.1, 0.15) is 39.7 Å². The highest BCUT2D eigenvalue weighted by Gasteiger charge is 2.26. The van der Waals surface area contributed by atoms with Crippen LogP contribution in [0.5, 0.6) is 0 Å². The monoisotopic (exact) mass is 255 g/mol. The summed E-state index contributed by atoms with van der Waals surface area (Å²) in [5, 5.41) is 0. The average Bonchev–Trinajstić information content (AvgIpc) is 2.78. The Bertz CT molecular complexity index is 466. The third-order valence-corrected chi connectivity index (χ3v) is 3.52. The van der Waals surface area contributed by atoms with Crippen LogP contribution in [0.15, 0.2) is 60.0 Å². The molecule has 1 atom stereocenters. The third-order valence-electron chi connectivity index (χ3n) is 3.52. The zero-order valence-electron chi connectivity index (χ0n) is 12.6. The molecule has 1 aliphatic rings. The lowest BCUT2D eigenvalue weighted by atomic mass is 9.95. The van der Waals surface area contributed by atoms with Crippen molar-refractivity contribution in [1.29, 1.82) is 0 Å². The summed E-state index contributed by atoms with van der Waals surface area (Å²) in [6, 6.07) is 4.19. The second-order valence-corrected chi connectivity index (χ2v) is 4.50. The number of allylic oxidation sites excluding steroid dienone is 5. The van der Waals surface area contributed by atoms with Crippen LogP contribution in [0.3, 0.4) is 0 Å². The molecule has 0 saturated heterocycles. The van der Waals surface area contributed by atoms with Crippen LogP contribution >= 0.6 is 0 Å². The third kappa shape index (κ3) is 3.66. The van der Waals surface area contributed by atoms with E-state index in [1.54, 1.807) is 0 Å². The first kappa shape index (κ1) is 15.4. The second-order valence-electron chi connectivity index (χ2n) is 4.50. The first-order chi connectivity index (χ1) is 9.26. The van der Waals surface area contributed by atoms with E-state index in [1.165, 1.54) is 22.3 Å². The fourth-order valence-corrected chi connectivity index (χ4v) is 2.57. The molecule has 1 aromatic rings. The minimum absolute atomic E-state index is 0.551. The van der Waals surface area contributed by atoms with Gasteiger partial charge in [-0.05, 0) is 67.0 Å². The van der Waals surface area contributed by atoms with E-state index in [9.17, 15) is 0 Å². The fourth-order valence-electron chi connectivity index (χ4n) is 2.57. The highest BCUT2D eigenvalue weighted by atomic mass is 14.6. The van der Waals surface area contributed by atoms with Crippen molar-refractivity contribution in [3.8, 4) is 0 Å². The Balaban J connectivity index is 0.000000861. The smallest absolute Gasteiger partial charge is 0.0270 e. The molecule has 19 heavy (non-hydrogen) atoms. The zero-order chi connectivity index (χ0) is 14.3. The summed E-state index contributed by atoms with van der Waals surface area (Å²) in [7, 11) is 0. The van der Waals surface area contributed by atoms with Crippen LogP contribution in [0.4, 0.5) is 0 Å².